The monoisotopic (exact) mass is 295 g/mol. The fourth-order valence-corrected chi connectivity index (χ4v) is 2.72. The number of hydrogen-bond donors (Lipinski definition) is 2. The van der Waals surface area contributed by atoms with Gasteiger partial charge in [-0.3, -0.25) is 4.79 Å². The van der Waals surface area contributed by atoms with Gasteiger partial charge in [0.15, 0.2) is 0 Å². The van der Waals surface area contributed by atoms with Gasteiger partial charge in [0.2, 0.25) is 0 Å². The molecule has 1 saturated heterocycles. The van der Waals surface area contributed by atoms with Gasteiger partial charge in [-0.25, -0.2) is 0 Å². The summed E-state index contributed by atoms with van der Waals surface area (Å²) >= 11 is 1.75. The molecule has 1 aliphatic rings. The third kappa shape index (κ3) is 4.23. The Morgan fingerprint density at radius 3 is 2.60 bits per heavy atom. The van der Waals surface area contributed by atoms with Gasteiger partial charge < -0.3 is 15.2 Å². The van der Waals surface area contributed by atoms with Crippen LogP contribution >= 0.6 is 11.8 Å². The second-order valence-electron chi connectivity index (χ2n) is 5.15. The zero-order chi connectivity index (χ0) is 14.4. The molecule has 1 aliphatic heterocycles. The molecule has 20 heavy (non-hydrogen) atoms. The van der Waals surface area contributed by atoms with E-state index in [9.17, 15) is 9.90 Å². The standard InChI is InChI=1S/C15H21NO3S/c1-20-10-12-2-4-13(5-3-12)14(17)16-11-15(18)6-8-19-9-7-15/h2-5,18H,6-11H2,1H3,(H,16,17). The summed E-state index contributed by atoms with van der Waals surface area (Å²) in [6, 6.07) is 7.59. The van der Waals surface area contributed by atoms with Gasteiger partial charge in [0.05, 0.1) is 5.60 Å². The molecule has 0 saturated carbocycles. The van der Waals surface area contributed by atoms with E-state index >= 15 is 0 Å². The van der Waals surface area contributed by atoms with Gasteiger partial charge in [-0.15, -0.1) is 0 Å². The minimum Gasteiger partial charge on any atom is -0.388 e. The summed E-state index contributed by atoms with van der Waals surface area (Å²) in [5.41, 5.74) is 1.01. The Hall–Kier alpha value is -1.04. The molecule has 0 unspecified atom stereocenters. The van der Waals surface area contributed by atoms with E-state index in [0.29, 0.717) is 31.6 Å². The Kier molecular flexibility index (Phi) is 5.46. The molecule has 0 spiro atoms. The van der Waals surface area contributed by atoms with Crippen molar-refractivity contribution in [2.24, 2.45) is 0 Å². The fraction of sp³-hybridized carbons (Fsp3) is 0.533. The first kappa shape index (κ1) is 15.4. The molecular formula is C15H21NO3S. The molecule has 5 heteroatoms. The summed E-state index contributed by atoms with van der Waals surface area (Å²) in [7, 11) is 0. The minimum absolute atomic E-state index is 0.138. The summed E-state index contributed by atoms with van der Waals surface area (Å²) in [5.74, 6) is 0.808. The number of rotatable bonds is 5. The van der Waals surface area contributed by atoms with Crippen molar-refractivity contribution in [3.63, 3.8) is 0 Å². The average molecular weight is 295 g/mol. The van der Waals surface area contributed by atoms with Crippen molar-refractivity contribution >= 4 is 17.7 Å². The summed E-state index contributed by atoms with van der Waals surface area (Å²) in [6.07, 6.45) is 3.19. The van der Waals surface area contributed by atoms with Gasteiger partial charge in [0, 0.05) is 43.9 Å². The number of benzene rings is 1. The van der Waals surface area contributed by atoms with Crippen molar-refractivity contribution in [1.82, 2.24) is 5.32 Å². The Balaban J connectivity index is 1.87. The molecule has 1 aromatic rings. The van der Waals surface area contributed by atoms with E-state index in [1.165, 1.54) is 5.56 Å². The van der Waals surface area contributed by atoms with E-state index in [0.717, 1.165) is 5.75 Å². The Morgan fingerprint density at radius 2 is 2.00 bits per heavy atom. The summed E-state index contributed by atoms with van der Waals surface area (Å²) in [4.78, 5) is 12.0. The second-order valence-corrected chi connectivity index (χ2v) is 6.02. The van der Waals surface area contributed by atoms with Crippen molar-refractivity contribution in [2.45, 2.75) is 24.2 Å². The van der Waals surface area contributed by atoms with Crippen LogP contribution in [-0.2, 0) is 10.5 Å². The largest absolute Gasteiger partial charge is 0.388 e. The van der Waals surface area contributed by atoms with Gasteiger partial charge in [0.25, 0.3) is 5.91 Å². The zero-order valence-electron chi connectivity index (χ0n) is 11.7. The minimum atomic E-state index is -0.827. The SMILES string of the molecule is CSCc1ccc(C(=O)NCC2(O)CCOCC2)cc1. The van der Waals surface area contributed by atoms with Crippen LogP contribution in [0.4, 0.5) is 0 Å². The molecular weight excluding hydrogens is 274 g/mol. The third-order valence-electron chi connectivity index (χ3n) is 3.53. The highest BCUT2D eigenvalue weighted by Gasteiger charge is 2.30. The molecule has 1 aromatic carbocycles. The molecule has 0 aromatic heterocycles. The lowest BCUT2D eigenvalue weighted by Gasteiger charge is -2.32. The molecule has 110 valence electrons. The van der Waals surface area contributed by atoms with Crippen LogP contribution in [0.5, 0.6) is 0 Å². The van der Waals surface area contributed by atoms with Crippen LogP contribution in [0, 0.1) is 0 Å². The molecule has 1 amide bonds. The number of ether oxygens (including phenoxy) is 1. The van der Waals surface area contributed by atoms with E-state index in [1.54, 1.807) is 11.8 Å². The van der Waals surface area contributed by atoms with E-state index in [1.807, 2.05) is 24.3 Å². The van der Waals surface area contributed by atoms with Gasteiger partial charge >= 0.3 is 0 Å². The van der Waals surface area contributed by atoms with Gasteiger partial charge in [-0.1, -0.05) is 12.1 Å². The highest BCUT2D eigenvalue weighted by molar-refractivity contribution is 7.97. The Morgan fingerprint density at radius 1 is 1.35 bits per heavy atom. The lowest BCUT2D eigenvalue weighted by atomic mass is 9.94. The van der Waals surface area contributed by atoms with E-state index in [2.05, 4.69) is 11.6 Å². The van der Waals surface area contributed by atoms with Crippen LogP contribution in [0.2, 0.25) is 0 Å². The lowest BCUT2D eigenvalue weighted by Crippen LogP contribution is -2.46. The van der Waals surface area contributed by atoms with Crippen molar-refractivity contribution in [2.75, 3.05) is 26.0 Å². The first-order valence-electron chi connectivity index (χ1n) is 6.79. The first-order valence-corrected chi connectivity index (χ1v) is 8.18. The van der Waals surface area contributed by atoms with Crippen molar-refractivity contribution < 1.29 is 14.6 Å². The number of aliphatic hydroxyl groups is 1. The maximum absolute atomic E-state index is 12.0. The maximum Gasteiger partial charge on any atom is 0.251 e. The fourth-order valence-electron chi connectivity index (χ4n) is 2.19. The number of thioether (sulfide) groups is 1. The maximum atomic E-state index is 12.0. The molecule has 4 nitrogen and oxygen atoms in total. The molecule has 0 atom stereocenters. The molecule has 0 radical (unpaired) electrons. The normalized spacial score (nSPS) is 17.7. The van der Waals surface area contributed by atoms with Crippen LogP contribution in [0.1, 0.15) is 28.8 Å². The highest BCUT2D eigenvalue weighted by Crippen LogP contribution is 2.19. The van der Waals surface area contributed by atoms with Crippen molar-refractivity contribution in [3.8, 4) is 0 Å². The Bertz CT molecular complexity index is 441. The van der Waals surface area contributed by atoms with E-state index < -0.39 is 5.60 Å². The van der Waals surface area contributed by atoms with E-state index in [-0.39, 0.29) is 12.5 Å². The van der Waals surface area contributed by atoms with Crippen LogP contribution in [0.15, 0.2) is 24.3 Å². The second kappa shape index (κ2) is 7.11. The number of carbonyl (C=O) groups excluding carboxylic acids is 1. The summed E-state index contributed by atoms with van der Waals surface area (Å²) in [5, 5.41) is 13.1. The van der Waals surface area contributed by atoms with Crippen LogP contribution in [0.3, 0.4) is 0 Å². The molecule has 2 N–H and O–H groups in total. The Labute approximate surface area is 123 Å². The molecule has 0 aliphatic carbocycles. The first-order chi connectivity index (χ1) is 9.63. The number of nitrogens with one attached hydrogen (secondary N) is 1. The molecule has 0 bridgehead atoms. The summed E-state index contributed by atoms with van der Waals surface area (Å²) in [6.45, 7) is 1.38. The van der Waals surface area contributed by atoms with Crippen LogP contribution in [-0.4, -0.2) is 42.6 Å². The third-order valence-corrected chi connectivity index (χ3v) is 4.15. The van der Waals surface area contributed by atoms with Gasteiger partial charge in [-0.05, 0) is 24.0 Å². The average Bonchev–Trinajstić information content (AvgIpc) is 2.47. The van der Waals surface area contributed by atoms with Gasteiger partial charge in [-0.2, -0.15) is 11.8 Å². The van der Waals surface area contributed by atoms with Crippen LogP contribution < -0.4 is 5.32 Å². The summed E-state index contributed by atoms with van der Waals surface area (Å²) < 4.78 is 5.22. The van der Waals surface area contributed by atoms with Gasteiger partial charge in [0.1, 0.15) is 0 Å². The molecule has 1 heterocycles. The molecule has 2 rings (SSSR count). The van der Waals surface area contributed by atoms with Crippen molar-refractivity contribution in [3.05, 3.63) is 35.4 Å². The van der Waals surface area contributed by atoms with E-state index in [4.69, 9.17) is 4.74 Å². The predicted molar refractivity (Wildman–Crippen MR) is 81.0 cm³/mol. The number of amides is 1. The topological polar surface area (TPSA) is 58.6 Å². The number of hydrogen-bond acceptors (Lipinski definition) is 4. The molecule has 1 fully saturated rings. The number of carbonyl (C=O) groups is 1. The van der Waals surface area contributed by atoms with Crippen molar-refractivity contribution in [1.29, 1.82) is 0 Å². The lowest BCUT2D eigenvalue weighted by molar-refractivity contribution is -0.0605. The smallest absolute Gasteiger partial charge is 0.251 e. The van der Waals surface area contributed by atoms with Crippen LogP contribution in [0.25, 0.3) is 0 Å². The zero-order valence-corrected chi connectivity index (χ0v) is 12.5. The quantitative estimate of drug-likeness (QED) is 0.870. The predicted octanol–water partition coefficient (Wildman–Crippen LogP) is 1.82. The highest BCUT2D eigenvalue weighted by atomic mass is 32.2.